The fourth-order valence-electron chi connectivity index (χ4n) is 5.00. The first-order chi connectivity index (χ1) is 14.6. The SMILES string of the molecule is CCOC(=O)[C@@]1(Cc2ccccc2)C[C@H]2CC[C@@H]1N2Cc1nc(CC)n[nH]1.O=CO. The number of rotatable bonds is 7. The molecular formula is C22H30N4O4. The van der Waals surface area contributed by atoms with E-state index in [0.717, 1.165) is 50.3 Å². The number of carbonyl (C=O) groups is 2. The lowest BCUT2D eigenvalue weighted by molar-refractivity contribution is -0.157. The van der Waals surface area contributed by atoms with Crippen LogP contribution in [-0.2, 0) is 33.7 Å². The lowest BCUT2D eigenvalue weighted by Gasteiger charge is -2.35. The van der Waals surface area contributed by atoms with Crippen molar-refractivity contribution in [3.8, 4) is 0 Å². The molecule has 2 aliphatic heterocycles. The summed E-state index contributed by atoms with van der Waals surface area (Å²) in [6.45, 7) is 4.84. The van der Waals surface area contributed by atoms with Crippen LogP contribution in [0.3, 0.4) is 0 Å². The van der Waals surface area contributed by atoms with Crippen molar-refractivity contribution < 1.29 is 19.4 Å². The van der Waals surface area contributed by atoms with Crippen LogP contribution in [0.4, 0.5) is 0 Å². The first-order valence-corrected chi connectivity index (χ1v) is 10.5. The molecule has 0 spiro atoms. The third-order valence-corrected chi connectivity index (χ3v) is 6.15. The number of aryl methyl sites for hydroxylation is 1. The molecule has 30 heavy (non-hydrogen) atoms. The molecule has 0 aliphatic carbocycles. The van der Waals surface area contributed by atoms with E-state index in [2.05, 4.69) is 39.1 Å². The molecule has 3 atom stereocenters. The number of aromatic amines is 1. The topological polar surface area (TPSA) is 108 Å². The Labute approximate surface area is 176 Å². The molecule has 0 amide bonds. The third-order valence-electron chi connectivity index (χ3n) is 6.15. The Kier molecular flexibility index (Phi) is 7.20. The Morgan fingerprint density at radius 2 is 2.07 bits per heavy atom. The van der Waals surface area contributed by atoms with E-state index in [4.69, 9.17) is 14.6 Å². The van der Waals surface area contributed by atoms with E-state index >= 15 is 0 Å². The van der Waals surface area contributed by atoms with Crippen LogP contribution in [0.1, 0.15) is 50.3 Å². The molecule has 2 aromatic rings. The molecule has 1 aromatic heterocycles. The van der Waals surface area contributed by atoms with E-state index < -0.39 is 5.41 Å². The molecule has 2 bridgehead atoms. The van der Waals surface area contributed by atoms with Crippen LogP contribution < -0.4 is 0 Å². The predicted octanol–water partition coefficient (Wildman–Crippen LogP) is 2.60. The summed E-state index contributed by atoms with van der Waals surface area (Å²) >= 11 is 0. The molecule has 2 saturated heterocycles. The average molecular weight is 415 g/mol. The predicted molar refractivity (Wildman–Crippen MR) is 111 cm³/mol. The number of hydrogen-bond acceptors (Lipinski definition) is 6. The summed E-state index contributed by atoms with van der Waals surface area (Å²) in [5.41, 5.74) is 0.736. The van der Waals surface area contributed by atoms with E-state index in [0.29, 0.717) is 12.6 Å². The van der Waals surface area contributed by atoms with Crippen molar-refractivity contribution in [2.24, 2.45) is 5.41 Å². The quantitative estimate of drug-likeness (QED) is 0.529. The number of ether oxygens (including phenoxy) is 1. The van der Waals surface area contributed by atoms with Crippen molar-refractivity contribution in [1.82, 2.24) is 20.1 Å². The monoisotopic (exact) mass is 414 g/mol. The minimum Gasteiger partial charge on any atom is -0.483 e. The number of aromatic nitrogens is 3. The molecule has 0 radical (unpaired) electrons. The fraction of sp³-hybridized carbons (Fsp3) is 0.545. The molecule has 2 aliphatic rings. The highest BCUT2D eigenvalue weighted by atomic mass is 16.5. The van der Waals surface area contributed by atoms with Gasteiger partial charge in [-0.3, -0.25) is 19.6 Å². The highest BCUT2D eigenvalue weighted by molar-refractivity contribution is 5.79. The van der Waals surface area contributed by atoms with Crippen LogP contribution in [0.25, 0.3) is 0 Å². The van der Waals surface area contributed by atoms with Crippen molar-refractivity contribution in [1.29, 1.82) is 0 Å². The van der Waals surface area contributed by atoms with Gasteiger partial charge >= 0.3 is 5.97 Å². The van der Waals surface area contributed by atoms with Gasteiger partial charge in [0.2, 0.25) is 0 Å². The summed E-state index contributed by atoms with van der Waals surface area (Å²) in [4.78, 5) is 28.5. The summed E-state index contributed by atoms with van der Waals surface area (Å²) in [5, 5.41) is 14.2. The molecule has 8 heteroatoms. The molecule has 0 unspecified atom stereocenters. The number of carbonyl (C=O) groups excluding carboxylic acids is 1. The van der Waals surface area contributed by atoms with Gasteiger partial charge in [0.05, 0.1) is 18.6 Å². The van der Waals surface area contributed by atoms with Gasteiger partial charge in [-0.15, -0.1) is 0 Å². The van der Waals surface area contributed by atoms with E-state index in [9.17, 15) is 4.79 Å². The highest BCUT2D eigenvalue weighted by Gasteiger charge is 2.60. The number of benzene rings is 1. The van der Waals surface area contributed by atoms with E-state index in [1.165, 1.54) is 5.56 Å². The number of fused-ring (bicyclic) bond motifs is 2. The number of nitrogens with one attached hydrogen (secondary N) is 1. The van der Waals surface area contributed by atoms with E-state index in [1.54, 1.807) is 0 Å². The second-order valence-electron chi connectivity index (χ2n) is 7.82. The summed E-state index contributed by atoms with van der Waals surface area (Å²) in [6, 6.07) is 10.9. The molecule has 2 fully saturated rings. The van der Waals surface area contributed by atoms with Crippen molar-refractivity contribution in [2.75, 3.05) is 6.61 Å². The molecule has 1 aromatic carbocycles. The highest BCUT2D eigenvalue weighted by Crippen LogP contribution is 2.52. The lowest BCUT2D eigenvalue weighted by Crippen LogP contribution is -2.46. The van der Waals surface area contributed by atoms with Gasteiger partial charge in [0.1, 0.15) is 11.6 Å². The zero-order chi connectivity index (χ0) is 21.6. The van der Waals surface area contributed by atoms with Gasteiger partial charge < -0.3 is 9.84 Å². The number of nitrogens with zero attached hydrogens (tertiary/aromatic N) is 3. The van der Waals surface area contributed by atoms with E-state index in [-0.39, 0.29) is 18.5 Å². The summed E-state index contributed by atoms with van der Waals surface area (Å²) in [6.07, 6.45) is 4.59. The average Bonchev–Trinajstić information content (AvgIpc) is 3.44. The fourth-order valence-corrected chi connectivity index (χ4v) is 5.00. The maximum Gasteiger partial charge on any atom is 0.314 e. The van der Waals surface area contributed by atoms with Crippen LogP contribution >= 0.6 is 0 Å². The normalized spacial score (nSPS) is 24.9. The van der Waals surface area contributed by atoms with Crippen LogP contribution in [0.5, 0.6) is 0 Å². The van der Waals surface area contributed by atoms with Crippen LogP contribution in [0.15, 0.2) is 30.3 Å². The Morgan fingerprint density at radius 1 is 1.33 bits per heavy atom. The Balaban J connectivity index is 0.000000806. The number of carboxylic acid groups (broad SMARTS) is 1. The maximum atomic E-state index is 13.1. The molecule has 2 N–H and O–H groups in total. The largest absolute Gasteiger partial charge is 0.483 e. The van der Waals surface area contributed by atoms with Crippen LogP contribution in [0.2, 0.25) is 0 Å². The lowest BCUT2D eigenvalue weighted by atomic mass is 9.70. The zero-order valence-electron chi connectivity index (χ0n) is 17.6. The van der Waals surface area contributed by atoms with Gasteiger partial charge in [0, 0.05) is 18.5 Å². The third kappa shape index (κ3) is 4.38. The van der Waals surface area contributed by atoms with Crippen molar-refractivity contribution in [3.63, 3.8) is 0 Å². The standard InChI is InChI=1S/C21H28N4O2.CH2O2/c1-3-18-22-19(24-23-18)14-25-16-10-11-17(25)21(13-16,20(26)27-4-2)12-15-8-6-5-7-9-15;2-1-3/h5-9,16-17H,3-4,10-14H2,1-2H3,(H,22,23,24);1H,(H,2,3)/t16-,17+,21+;/m1./s1. The van der Waals surface area contributed by atoms with Crippen molar-refractivity contribution in [3.05, 3.63) is 47.5 Å². The van der Waals surface area contributed by atoms with Gasteiger partial charge in [-0.2, -0.15) is 5.10 Å². The van der Waals surface area contributed by atoms with Crippen molar-refractivity contribution in [2.45, 2.75) is 64.6 Å². The van der Waals surface area contributed by atoms with Gasteiger partial charge in [-0.05, 0) is 38.2 Å². The molecule has 0 saturated carbocycles. The molecule has 162 valence electrons. The molecule has 8 nitrogen and oxygen atoms in total. The van der Waals surface area contributed by atoms with Gasteiger partial charge in [0.15, 0.2) is 0 Å². The second kappa shape index (κ2) is 9.84. The Bertz CT molecular complexity index is 841. The van der Waals surface area contributed by atoms with E-state index in [1.807, 2.05) is 25.1 Å². The minimum absolute atomic E-state index is 0.0436. The van der Waals surface area contributed by atoms with Crippen LogP contribution in [-0.4, -0.2) is 56.3 Å². The first kappa shape index (κ1) is 22.0. The van der Waals surface area contributed by atoms with Gasteiger partial charge in [0.25, 0.3) is 6.47 Å². The molecule has 3 heterocycles. The smallest absolute Gasteiger partial charge is 0.314 e. The maximum absolute atomic E-state index is 13.1. The van der Waals surface area contributed by atoms with Gasteiger partial charge in [-0.1, -0.05) is 37.3 Å². The summed E-state index contributed by atoms with van der Waals surface area (Å²) in [5.74, 6) is 1.69. The first-order valence-electron chi connectivity index (χ1n) is 10.5. The zero-order valence-corrected chi connectivity index (χ0v) is 17.6. The summed E-state index contributed by atoms with van der Waals surface area (Å²) in [7, 11) is 0. The van der Waals surface area contributed by atoms with Crippen LogP contribution in [0, 0.1) is 5.41 Å². The number of H-pyrrole nitrogens is 1. The number of hydrogen-bond donors (Lipinski definition) is 2. The minimum atomic E-state index is -0.464. The summed E-state index contributed by atoms with van der Waals surface area (Å²) < 4.78 is 5.57. The van der Waals surface area contributed by atoms with Crippen molar-refractivity contribution >= 4 is 12.4 Å². The Morgan fingerprint density at radius 3 is 2.70 bits per heavy atom. The molecule has 4 rings (SSSR count). The molecular weight excluding hydrogens is 384 g/mol. The van der Waals surface area contributed by atoms with Gasteiger partial charge in [-0.25, -0.2) is 4.98 Å². The second-order valence-corrected chi connectivity index (χ2v) is 7.82. The number of esters is 1. The Hall–Kier alpha value is -2.74.